The van der Waals surface area contributed by atoms with E-state index in [-0.39, 0.29) is 30.9 Å². The molecule has 2 atom stereocenters. The van der Waals surface area contributed by atoms with Crippen LogP contribution in [0.15, 0.2) is 53.1 Å². The van der Waals surface area contributed by atoms with E-state index in [0.29, 0.717) is 24.5 Å². The number of hydrogen-bond acceptors (Lipinski definition) is 6. The van der Waals surface area contributed by atoms with Crippen LogP contribution < -0.4 is 4.74 Å². The van der Waals surface area contributed by atoms with Crippen LogP contribution in [0.25, 0.3) is 11.4 Å². The van der Waals surface area contributed by atoms with Crippen LogP contribution in [0, 0.1) is 5.41 Å². The predicted molar refractivity (Wildman–Crippen MR) is 118 cm³/mol. The van der Waals surface area contributed by atoms with Crippen molar-refractivity contribution in [1.82, 2.24) is 15.0 Å². The van der Waals surface area contributed by atoms with Crippen molar-refractivity contribution in [2.24, 2.45) is 5.41 Å². The van der Waals surface area contributed by atoms with Gasteiger partial charge >= 0.3 is 12.1 Å². The summed E-state index contributed by atoms with van der Waals surface area (Å²) in [6.45, 7) is 3.40. The van der Waals surface area contributed by atoms with Gasteiger partial charge in [-0.25, -0.2) is 0 Å². The van der Waals surface area contributed by atoms with Crippen LogP contribution in [0.1, 0.15) is 42.8 Å². The molecule has 184 valence electrons. The molecule has 0 N–H and O–H groups in total. The number of aromatic nitrogens is 2. The largest absolute Gasteiger partial charge is 0.491 e. The minimum Gasteiger partial charge on any atom is -0.491 e. The lowest BCUT2D eigenvalue weighted by Gasteiger charge is -2.39. The van der Waals surface area contributed by atoms with Crippen LogP contribution in [0.3, 0.4) is 0 Å². The number of nitrogens with zero attached hydrogens (tertiary/aromatic N) is 3. The standard InChI is InChI=1S/C25H24F3N3O4/c1-24(10-5-11-33-15-24)23(32)31-13-18-9-8-17(21-29-22(35-30-21)25(26,27)28)12-20(18)34-14-19(31)16-6-3-2-4-7-16/h2-4,6-9,12,19H,5,10-11,13-15H2,1H3/t19-,24?/m1/s1. The molecule has 0 saturated carbocycles. The summed E-state index contributed by atoms with van der Waals surface area (Å²) in [5.74, 6) is -1.15. The highest BCUT2D eigenvalue weighted by Crippen LogP contribution is 2.39. The average Bonchev–Trinajstić information content (AvgIpc) is 3.28. The molecule has 2 aliphatic rings. The summed E-state index contributed by atoms with van der Waals surface area (Å²) >= 11 is 0. The van der Waals surface area contributed by atoms with E-state index in [1.807, 2.05) is 42.2 Å². The zero-order valence-electron chi connectivity index (χ0n) is 19.0. The summed E-state index contributed by atoms with van der Waals surface area (Å²) in [5, 5.41) is 3.46. The van der Waals surface area contributed by atoms with Crippen molar-refractivity contribution in [2.45, 2.75) is 38.5 Å². The van der Waals surface area contributed by atoms with Crippen molar-refractivity contribution in [2.75, 3.05) is 19.8 Å². The van der Waals surface area contributed by atoms with Crippen molar-refractivity contribution in [3.8, 4) is 17.1 Å². The van der Waals surface area contributed by atoms with Crippen LogP contribution >= 0.6 is 0 Å². The quantitative estimate of drug-likeness (QED) is 0.516. The Morgan fingerprint density at radius 1 is 1.17 bits per heavy atom. The van der Waals surface area contributed by atoms with E-state index in [1.54, 1.807) is 18.2 Å². The van der Waals surface area contributed by atoms with Crippen molar-refractivity contribution in [3.63, 3.8) is 0 Å². The lowest BCUT2D eigenvalue weighted by Crippen LogP contribution is -2.48. The van der Waals surface area contributed by atoms with Crippen molar-refractivity contribution in [1.29, 1.82) is 0 Å². The third kappa shape index (κ3) is 4.62. The Morgan fingerprint density at radius 3 is 2.66 bits per heavy atom. The zero-order chi connectivity index (χ0) is 24.6. The van der Waals surface area contributed by atoms with E-state index >= 15 is 0 Å². The number of alkyl halides is 3. The number of fused-ring (bicyclic) bond motifs is 1. The molecule has 1 saturated heterocycles. The maximum atomic E-state index is 13.9. The number of rotatable bonds is 3. The van der Waals surface area contributed by atoms with Gasteiger partial charge < -0.3 is 18.9 Å². The number of carbonyl (C=O) groups excluding carboxylic acids is 1. The first kappa shape index (κ1) is 23.3. The predicted octanol–water partition coefficient (Wildman–Crippen LogP) is 5.03. The Hall–Kier alpha value is -3.40. The molecule has 3 aromatic rings. The highest BCUT2D eigenvalue weighted by Gasteiger charge is 2.42. The Balaban J connectivity index is 1.49. The topological polar surface area (TPSA) is 77.7 Å². The zero-order valence-corrected chi connectivity index (χ0v) is 19.0. The number of halogens is 3. The Morgan fingerprint density at radius 2 is 1.97 bits per heavy atom. The maximum Gasteiger partial charge on any atom is 0.471 e. The van der Waals surface area contributed by atoms with Gasteiger partial charge in [0.05, 0.1) is 24.6 Å². The van der Waals surface area contributed by atoms with Crippen molar-refractivity contribution in [3.05, 3.63) is 65.5 Å². The van der Waals surface area contributed by atoms with Crippen molar-refractivity contribution < 1.29 is 32.0 Å². The molecule has 3 heterocycles. The van der Waals surface area contributed by atoms with E-state index in [4.69, 9.17) is 9.47 Å². The molecule has 0 bridgehead atoms. The molecular formula is C25H24F3N3O4. The first-order valence-electron chi connectivity index (χ1n) is 11.4. The van der Waals surface area contributed by atoms with Gasteiger partial charge in [0.2, 0.25) is 11.7 Å². The summed E-state index contributed by atoms with van der Waals surface area (Å²) < 4.78 is 54.8. The van der Waals surface area contributed by atoms with Crippen LogP contribution in [0.5, 0.6) is 5.75 Å². The first-order valence-corrected chi connectivity index (χ1v) is 11.4. The first-order chi connectivity index (χ1) is 16.7. The lowest BCUT2D eigenvalue weighted by molar-refractivity contribution is -0.159. The highest BCUT2D eigenvalue weighted by atomic mass is 19.4. The second-order valence-corrected chi connectivity index (χ2v) is 9.13. The normalized spacial score (nSPS) is 22.7. The molecule has 0 aliphatic carbocycles. The van der Waals surface area contributed by atoms with Gasteiger partial charge in [-0.1, -0.05) is 47.6 Å². The van der Waals surface area contributed by atoms with Crippen molar-refractivity contribution >= 4 is 5.91 Å². The molecule has 10 heteroatoms. The molecule has 0 spiro atoms. The lowest BCUT2D eigenvalue weighted by atomic mass is 9.82. The van der Waals surface area contributed by atoms with Gasteiger partial charge in [-0.3, -0.25) is 4.79 Å². The van der Waals surface area contributed by atoms with E-state index < -0.39 is 17.5 Å². The molecule has 0 radical (unpaired) electrons. The highest BCUT2D eigenvalue weighted by molar-refractivity contribution is 5.83. The summed E-state index contributed by atoms with van der Waals surface area (Å²) in [4.78, 5) is 19.1. The van der Waals surface area contributed by atoms with Gasteiger partial charge in [-0.15, -0.1) is 0 Å². The number of ether oxygens (including phenoxy) is 2. The number of hydrogen-bond donors (Lipinski definition) is 0. The number of benzene rings is 2. The van der Waals surface area contributed by atoms with Gasteiger partial charge in [-0.2, -0.15) is 18.2 Å². The van der Waals surface area contributed by atoms with E-state index in [9.17, 15) is 18.0 Å². The number of carbonyl (C=O) groups is 1. The molecule has 7 nitrogen and oxygen atoms in total. The maximum absolute atomic E-state index is 13.9. The monoisotopic (exact) mass is 487 g/mol. The second kappa shape index (κ2) is 8.99. The SMILES string of the molecule is CC1(C(=O)N2Cc3ccc(-c4noc(C(F)(F)F)n4)cc3OC[C@@H]2c2ccccc2)CCCOC1. The molecule has 5 rings (SSSR count). The average molecular weight is 487 g/mol. The summed E-state index contributed by atoms with van der Waals surface area (Å²) in [6.07, 6.45) is -3.18. The molecule has 1 amide bonds. The van der Waals surface area contributed by atoms with Crippen LogP contribution in [0.4, 0.5) is 13.2 Å². The fourth-order valence-electron chi connectivity index (χ4n) is 4.58. The van der Waals surface area contributed by atoms with E-state index in [2.05, 4.69) is 14.7 Å². The van der Waals surface area contributed by atoms with E-state index in [1.165, 1.54) is 0 Å². The third-order valence-electron chi connectivity index (χ3n) is 6.51. The van der Waals surface area contributed by atoms with Gasteiger partial charge in [0, 0.05) is 17.7 Å². The van der Waals surface area contributed by atoms with Gasteiger partial charge in [0.1, 0.15) is 12.4 Å². The Labute approximate surface area is 199 Å². The molecular weight excluding hydrogens is 463 g/mol. The van der Waals surface area contributed by atoms with Gasteiger partial charge in [-0.05, 0) is 31.4 Å². The fourth-order valence-corrected chi connectivity index (χ4v) is 4.58. The van der Waals surface area contributed by atoms with Crippen LogP contribution in [-0.2, 0) is 22.3 Å². The minimum absolute atomic E-state index is 0.0143. The third-order valence-corrected chi connectivity index (χ3v) is 6.51. The van der Waals surface area contributed by atoms with Crippen LogP contribution in [0.2, 0.25) is 0 Å². The molecule has 1 aromatic heterocycles. The van der Waals surface area contributed by atoms with Gasteiger partial charge in [0.25, 0.3) is 0 Å². The molecule has 2 aromatic carbocycles. The Bertz CT molecular complexity index is 1210. The minimum atomic E-state index is -4.73. The molecule has 35 heavy (non-hydrogen) atoms. The molecule has 1 fully saturated rings. The number of amides is 1. The summed E-state index contributed by atoms with van der Waals surface area (Å²) in [5.41, 5.74) is 1.35. The van der Waals surface area contributed by atoms with Crippen LogP contribution in [-0.4, -0.2) is 40.8 Å². The van der Waals surface area contributed by atoms with E-state index in [0.717, 1.165) is 24.0 Å². The van der Waals surface area contributed by atoms with Gasteiger partial charge in [0.15, 0.2) is 0 Å². The smallest absolute Gasteiger partial charge is 0.471 e. The summed E-state index contributed by atoms with van der Waals surface area (Å²) in [6, 6.07) is 14.2. The molecule has 2 aliphatic heterocycles. The summed E-state index contributed by atoms with van der Waals surface area (Å²) in [7, 11) is 0. The second-order valence-electron chi connectivity index (χ2n) is 9.13. The fraction of sp³-hybridized carbons (Fsp3) is 0.400. The molecule has 1 unspecified atom stereocenters. The Kier molecular flexibility index (Phi) is 6.00.